The second kappa shape index (κ2) is 5.41. The van der Waals surface area contributed by atoms with Crippen LogP contribution in [0.2, 0.25) is 0 Å². The Bertz CT molecular complexity index is 485. The van der Waals surface area contributed by atoms with E-state index in [4.69, 9.17) is 0 Å². The lowest BCUT2D eigenvalue weighted by Crippen LogP contribution is -2.39. The molecule has 1 aliphatic rings. The summed E-state index contributed by atoms with van der Waals surface area (Å²) in [6.45, 7) is 0.574. The van der Waals surface area contributed by atoms with Gasteiger partial charge in [0.05, 0.1) is 9.86 Å². The number of hydrogen-bond acceptors (Lipinski definition) is 3. The third-order valence-electron chi connectivity index (χ3n) is 3.47. The van der Waals surface area contributed by atoms with Gasteiger partial charge in [0.25, 0.3) is 0 Å². The highest BCUT2D eigenvalue weighted by Crippen LogP contribution is 2.39. The van der Waals surface area contributed by atoms with Crippen LogP contribution in [-0.2, 0) is 11.3 Å². The summed E-state index contributed by atoms with van der Waals surface area (Å²) in [6, 6.07) is 4.27. The molecule has 96 valence electrons. The van der Waals surface area contributed by atoms with Crippen molar-refractivity contribution in [3.05, 3.63) is 20.8 Å². The number of carbonyl (C=O) groups excluding carboxylic acids is 1. The van der Waals surface area contributed by atoms with Gasteiger partial charge in [0, 0.05) is 13.6 Å². The van der Waals surface area contributed by atoms with E-state index in [1.165, 1.54) is 0 Å². The van der Waals surface area contributed by atoms with E-state index in [-0.39, 0.29) is 5.91 Å². The first-order valence-corrected chi connectivity index (χ1v) is 7.64. The van der Waals surface area contributed by atoms with Crippen LogP contribution in [0.15, 0.2) is 15.2 Å². The lowest BCUT2D eigenvalue weighted by atomic mass is 9.86. The van der Waals surface area contributed by atoms with Gasteiger partial charge in [-0.2, -0.15) is 5.26 Å². The second-order valence-corrected chi connectivity index (χ2v) is 7.11. The largest absolute Gasteiger partial charge is 0.340 e. The van der Waals surface area contributed by atoms with E-state index in [1.54, 1.807) is 23.3 Å². The van der Waals surface area contributed by atoms with Gasteiger partial charge in [-0.1, -0.05) is 12.8 Å². The van der Waals surface area contributed by atoms with Gasteiger partial charge < -0.3 is 4.90 Å². The van der Waals surface area contributed by atoms with E-state index in [2.05, 4.69) is 22.0 Å². The van der Waals surface area contributed by atoms with Crippen LogP contribution in [0.5, 0.6) is 0 Å². The first-order chi connectivity index (χ1) is 8.57. The van der Waals surface area contributed by atoms with Gasteiger partial charge in [-0.25, -0.2) is 0 Å². The van der Waals surface area contributed by atoms with Crippen LogP contribution in [0.25, 0.3) is 0 Å². The van der Waals surface area contributed by atoms with Gasteiger partial charge in [0.2, 0.25) is 5.91 Å². The molecule has 2 rings (SSSR count). The van der Waals surface area contributed by atoms with Crippen LogP contribution in [0, 0.1) is 16.7 Å². The number of halogens is 1. The van der Waals surface area contributed by atoms with Crippen molar-refractivity contribution in [2.45, 2.75) is 32.2 Å². The average molecular weight is 327 g/mol. The van der Waals surface area contributed by atoms with Crippen LogP contribution < -0.4 is 0 Å². The Morgan fingerprint density at radius 3 is 2.78 bits per heavy atom. The molecule has 0 aliphatic heterocycles. The van der Waals surface area contributed by atoms with Crippen LogP contribution in [0.3, 0.4) is 0 Å². The number of carbonyl (C=O) groups is 1. The summed E-state index contributed by atoms with van der Waals surface area (Å²) < 4.78 is 1.06. The zero-order valence-corrected chi connectivity index (χ0v) is 12.7. The van der Waals surface area contributed by atoms with E-state index >= 15 is 0 Å². The SMILES string of the molecule is CN(Cc1csc(Br)c1)C(=O)C1(C#N)CCCC1. The summed E-state index contributed by atoms with van der Waals surface area (Å²) >= 11 is 5.02. The van der Waals surface area contributed by atoms with Crippen molar-refractivity contribution in [1.29, 1.82) is 5.26 Å². The first kappa shape index (κ1) is 13.6. The van der Waals surface area contributed by atoms with Crippen molar-refractivity contribution in [3.8, 4) is 6.07 Å². The summed E-state index contributed by atoms with van der Waals surface area (Å²) in [5, 5.41) is 11.3. The topological polar surface area (TPSA) is 44.1 Å². The molecule has 1 saturated carbocycles. The highest BCUT2D eigenvalue weighted by atomic mass is 79.9. The molecule has 1 aromatic heterocycles. The minimum Gasteiger partial charge on any atom is -0.340 e. The summed E-state index contributed by atoms with van der Waals surface area (Å²) in [5.41, 5.74) is 0.343. The zero-order chi connectivity index (χ0) is 13.2. The molecular weight excluding hydrogens is 312 g/mol. The van der Waals surface area contributed by atoms with Gasteiger partial charge in [-0.15, -0.1) is 11.3 Å². The Kier molecular flexibility index (Phi) is 4.08. The Balaban J connectivity index is 2.07. The first-order valence-electron chi connectivity index (χ1n) is 5.97. The Morgan fingerprint density at radius 2 is 2.28 bits per heavy atom. The molecule has 0 atom stereocenters. The molecule has 1 heterocycles. The Morgan fingerprint density at radius 1 is 1.61 bits per heavy atom. The fourth-order valence-electron chi connectivity index (χ4n) is 2.49. The highest BCUT2D eigenvalue weighted by Gasteiger charge is 2.43. The molecule has 0 saturated heterocycles. The predicted octanol–water partition coefficient (Wildman–Crippen LogP) is 3.55. The molecule has 18 heavy (non-hydrogen) atoms. The molecular formula is C13H15BrN2OS. The summed E-state index contributed by atoms with van der Waals surface area (Å²) in [5.74, 6) is -0.0233. The molecule has 0 aromatic carbocycles. The normalized spacial score (nSPS) is 17.4. The molecule has 1 aromatic rings. The van der Waals surface area contributed by atoms with Crippen LogP contribution in [0.4, 0.5) is 0 Å². The average Bonchev–Trinajstić information content (AvgIpc) is 2.98. The zero-order valence-electron chi connectivity index (χ0n) is 10.3. The lowest BCUT2D eigenvalue weighted by Gasteiger charge is -2.26. The monoisotopic (exact) mass is 326 g/mol. The van der Waals surface area contributed by atoms with Crippen molar-refractivity contribution in [1.82, 2.24) is 4.90 Å². The van der Waals surface area contributed by atoms with E-state index < -0.39 is 5.41 Å². The van der Waals surface area contributed by atoms with E-state index in [0.717, 1.165) is 22.2 Å². The smallest absolute Gasteiger partial charge is 0.243 e. The fraction of sp³-hybridized carbons (Fsp3) is 0.538. The molecule has 5 heteroatoms. The number of hydrogen-bond donors (Lipinski definition) is 0. The lowest BCUT2D eigenvalue weighted by molar-refractivity contribution is -0.138. The van der Waals surface area contributed by atoms with Crippen molar-refractivity contribution in [2.75, 3.05) is 7.05 Å². The molecule has 3 nitrogen and oxygen atoms in total. The number of amides is 1. The van der Waals surface area contributed by atoms with Gasteiger partial charge >= 0.3 is 0 Å². The van der Waals surface area contributed by atoms with Crippen molar-refractivity contribution in [3.63, 3.8) is 0 Å². The molecule has 1 aliphatic carbocycles. The van der Waals surface area contributed by atoms with E-state index in [0.29, 0.717) is 19.4 Å². The maximum Gasteiger partial charge on any atom is 0.243 e. The highest BCUT2D eigenvalue weighted by molar-refractivity contribution is 9.11. The van der Waals surface area contributed by atoms with Gasteiger partial charge in [-0.05, 0) is 45.8 Å². The van der Waals surface area contributed by atoms with Gasteiger partial charge in [0.15, 0.2) is 0 Å². The van der Waals surface area contributed by atoms with E-state index in [9.17, 15) is 10.1 Å². The maximum absolute atomic E-state index is 12.4. The molecule has 0 unspecified atom stereocenters. The third-order valence-corrected chi connectivity index (χ3v) is 5.02. The Labute approximate surface area is 120 Å². The molecule has 0 spiro atoms. The molecule has 0 radical (unpaired) electrons. The molecule has 1 fully saturated rings. The minimum absolute atomic E-state index is 0.0233. The quantitative estimate of drug-likeness (QED) is 0.852. The fourth-order valence-corrected chi connectivity index (χ4v) is 3.69. The van der Waals surface area contributed by atoms with E-state index in [1.807, 2.05) is 11.4 Å². The maximum atomic E-state index is 12.4. The van der Waals surface area contributed by atoms with Crippen LogP contribution in [0.1, 0.15) is 31.2 Å². The number of rotatable bonds is 3. The van der Waals surface area contributed by atoms with Crippen LogP contribution >= 0.6 is 27.3 Å². The van der Waals surface area contributed by atoms with Gasteiger partial charge in [-0.3, -0.25) is 4.79 Å². The predicted molar refractivity (Wildman–Crippen MR) is 75.0 cm³/mol. The van der Waals surface area contributed by atoms with Crippen molar-refractivity contribution < 1.29 is 4.79 Å². The van der Waals surface area contributed by atoms with Gasteiger partial charge in [0.1, 0.15) is 5.41 Å². The molecule has 0 N–H and O–H groups in total. The minimum atomic E-state index is -0.762. The third kappa shape index (κ3) is 2.60. The van der Waals surface area contributed by atoms with Crippen molar-refractivity contribution in [2.24, 2.45) is 5.41 Å². The molecule has 1 amide bonds. The van der Waals surface area contributed by atoms with Crippen LogP contribution in [-0.4, -0.2) is 17.9 Å². The summed E-state index contributed by atoms with van der Waals surface area (Å²) in [4.78, 5) is 14.1. The number of nitriles is 1. The Hall–Kier alpha value is -0.860. The summed E-state index contributed by atoms with van der Waals surface area (Å²) in [7, 11) is 1.78. The summed E-state index contributed by atoms with van der Waals surface area (Å²) in [6.07, 6.45) is 3.38. The second-order valence-electron chi connectivity index (χ2n) is 4.82. The standard InChI is InChI=1S/C13H15BrN2OS/c1-16(7-10-6-11(14)18-8-10)12(17)13(9-15)4-2-3-5-13/h6,8H,2-5,7H2,1H3. The number of thiophene rings is 1. The number of nitrogens with zero attached hydrogens (tertiary/aromatic N) is 2. The molecule has 0 bridgehead atoms. The van der Waals surface area contributed by atoms with Crippen molar-refractivity contribution >= 4 is 33.2 Å².